The number of carboxylic acids is 2. The second-order valence-electron chi connectivity index (χ2n) is 10.5. The van der Waals surface area contributed by atoms with Gasteiger partial charge in [-0.15, -0.1) is 15.3 Å². The molecule has 0 aliphatic heterocycles. The van der Waals surface area contributed by atoms with Crippen LogP contribution in [0.3, 0.4) is 0 Å². The summed E-state index contributed by atoms with van der Waals surface area (Å²) in [6.07, 6.45) is 0. The molecule has 6 rings (SSSR count). The van der Waals surface area contributed by atoms with Crippen molar-refractivity contribution in [1.29, 1.82) is 0 Å². The van der Waals surface area contributed by atoms with Crippen LogP contribution in [0.25, 0.3) is 21.5 Å². The Morgan fingerprint density at radius 3 is 1.43 bits per heavy atom. The van der Waals surface area contributed by atoms with Crippen LogP contribution in [-0.4, -0.2) is 48.1 Å². The Morgan fingerprint density at radius 1 is 0.585 bits per heavy atom. The average Bonchev–Trinajstić information content (AvgIpc) is 3.10. The molecule has 0 unspecified atom stereocenters. The van der Waals surface area contributed by atoms with Crippen LogP contribution in [-0.2, 0) is 37.3 Å². The second-order valence-corrected chi connectivity index (χ2v) is 13.3. The maximum Gasteiger partial charge on any atom is 2.00 e. The number of carboxylic acid groups (broad SMARTS) is 2. The summed E-state index contributed by atoms with van der Waals surface area (Å²) in [5, 5.41) is 59.9. The number of carbonyl (C=O) groups is 2. The first-order chi connectivity index (χ1) is 24.6. The van der Waals surface area contributed by atoms with Crippen LogP contribution in [0.4, 0.5) is 22.7 Å². The third-order valence-corrected chi connectivity index (χ3v) is 9.02. The van der Waals surface area contributed by atoms with Gasteiger partial charge in [-0.1, -0.05) is 78.5 Å². The maximum absolute atomic E-state index is 12.4. The predicted octanol–water partition coefficient (Wildman–Crippen LogP) is 5.84. The van der Waals surface area contributed by atoms with Crippen LogP contribution in [0.2, 0.25) is 0 Å². The van der Waals surface area contributed by atoms with Crippen molar-refractivity contribution >= 4 is 76.5 Å². The first kappa shape index (κ1) is 39.7. The molecule has 0 aliphatic rings. The van der Waals surface area contributed by atoms with Crippen LogP contribution >= 0.6 is 0 Å². The van der Waals surface area contributed by atoms with Crippen molar-refractivity contribution in [2.75, 3.05) is 0 Å². The molecule has 0 atom stereocenters. The van der Waals surface area contributed by atoms with Crippen molar-refractivity contribution in [3.05, 3.63) is 120 Å². The van der Waals surface area contributed by atoms with E-state index in [4.69, 9.17) is 0 Å². The van der Waals surface area contributed by atoms with Crippen LogP contribution in [0.15, 0.2) is 139 Å². The van der Waals surface area contributed by atoms with Gasteiger partial charge in [0.1, 0.15) is 32.4 Å². The van der Waals surface area contributed by atoms with Gasteiger partial charge in [-0.2, -0.15) is 21.9 Å². The first-order valence-corrected chi connectivity index (χ1v) is 17.3. The Balaban J connectivity index is 0.000000232. The fourth-order valence-electron chi connectivity index (χ4n) is 4.87. The van der Waals surface area contributed by atoms with Crippen LogP contribution in [0, 0.1) is 0 Å². The number of phenols is 1. The molecule has 0 fully saturated rings. The number of nitrogens with zero attached hydrogens (tertiary/aromatic N) is 4. The molecule has 53 heavy (non-hydrogen) atoms. The molecule has 6 aromatic carbocycles. The molecule has 16 nitrogen and oxygen atoms in total. The number of aromatic hydroxyl groups is 1. The van der Waals surface area contributed by atoms with E-state index in [1.807, 2.05) is 0 Å². The number of azo groups is 2. The minimum atomic E-state index is -4.55. The predicted molar refractivity (Wildman–Crippen MR) is 181 cm³/mol. The van der Waals surface area contributed by atoms with Gasteiger partial charge in [-0.3, -0.25) is 9.11 Å². The van der Waals surface area contributed by atoms with Gasteiger partial charge in [0.2, 0.25) is 0 Å². The maximum atomic E-state index is 12.4. The average molecular weight is 798 g/mol. The number of hydrogen-bond donors (Lipinski definition) is 4. The fraction of sp³-hybridized carbons (Fsp3) is 0. The normalized spacial score (nSPS) is 11.7. The number of rotatable bonds is 8. The molecule has 4 N–H and O–H groups in total. The zero-order valence-electron chi connectivity index (χ0n) is 26.4. The van der Waals surface area contributed by atoms with Crippen molar-refractivity contribution in [3.63, 3.8) is 0 Å². The summed E-state index contributed by atoms with van der Waals surface area (Å²) >= 11 is 0. The summed E-state index contributed by atoms with van der Waals surface area (Å²) in [4.78, 5) is 21.6. The van der Waals surface area contributed by atoms with E-state index in [-0.39, 0.29) is 45.4 Å². The summed E-state index contributed by atoms with van der Waals surface area (Å²) in [7, 11) is -9.07. The molecule has 0 spiro atoms. The van der Waals surface area contributed by atoms with Gasteiger partial charge in [0.25, 0.3) is 20.2 Å². The molecule has 0 bridgehead atoms. The third kappa shape index (κ3) is 8.87. The van der Waals surface area contributed by atoms with E-state index in [1.54, 1.807) is 48.5 Å². The van der Waals surface area contributed by atoms with E-state index >= 15 is 0 Å². The summed E-state index contributed by atoms with van der Waals surface area (Å²) in [6, 6.07) is 26.1. The molecule has 0 aromatic heterocycles. The van der Waals surface area contributed by atoms with E-state index in [0.29, 0.717) is 21.5 Å². The molecule has 269 valence electrons. The standard InChI is InChI=1S/2C17H12N2O6S.Mn/c2*20-16-12(17(21)22)9-10-5-1-2-6-11(10)15(16)19-18-13-7-3-4-8-14(13)26(23,24)25;/h2*1-9,20H,(H,21,22)(H,23,24,25);/q;;+2/p-2. The monoisotopic (exact) mass is 797 g/mol. The molecule has 0 amide bonds. The first-order valence-electron chi connectivity index (χ1n) is 14.5. The zero-order chi connectivity index (χ0) is 37.8. The van der Waals surface area contributed by atoms with Gasteiger partial charge in [-0.05, 0) is 52.7 Å². The minimum absolute atomic E-state index is 0. The second kappa shape index (κ2) is 16.1. The Kier molecular flexibility index (Phi) is 12.0. The van der Waals surface area contributed by atoms with E-state index in [1.165, 1.54) is 48.5 Å². The third-order valence-electron chi connectivity index (χ3n) is 7.22. The van der Waals surface area contributed by atoms with Gasteiger partial charge in [-0.25, -0.2) is 4.79 Å². The molecule has 0 heterocycles. The van der Waals surface area contributed by atoms with Crippen molar-refractivity contribution in [2.45, 2.75) is 9.79 Å². The molecular formula is C34H22MnN4O12S2. The van der Waals surface area contributed by atoms with Gasteiger partial charge in [0, 0.05) is 10.8 Å². The summed E-state index contributed by atoms with van der Waals surface area (Å²) < 4.78 is 64.1. The fourth-order valence-corrected chi connectivity index (χ4v) is 6.11. The zero-order valence-corrected chi connectivity index (χ0v) is 29.2. The van der Waals surface area contributed by atoms with E-state index in [9.17, 15) is 56.0 Å². The van der Waals surface area contributed by atoms with Crippen molar-refractivity contribution in [1.82, 2.24) is 0 Å². The number of benzene rings is 6. The van der Waals surface area contributed by atoms with E-state index in [0.717, 1.165) is 12.1 Å². The Morgan fingerprint density at radius 2 is 0.981 bits per heavy atom. The largest absolute Gasteiger partial charge is 2.00 e. The summed E-state index contributed by atoms with van der Waals surface area (Å²) in [6.45, 7) is 0. The minimum Gasteiger partial charge on any atom is -0.871 e. The molecule has 1 radical (unpaired) electrons. The molecular weight excluding hydrogens is 775 g/mol. The van der Waals surface area contributed by atoms with Gasteiger partial charge < -0.3 is 25.2 Å². The van der Waals surface area contributed by atoms with Crippen LogP contribution in [0.1, 0.15) is 20.7 Å². The molecule has 6 aromatic rings. The molecule has 19 heteroatoms. The van der Waals surface area contributed by atoms with Gasteiger partial charge >= 0.3 is 23.0 Å². The number of fused-ring (bicyclic) bond motifs is 2. The van der Waals surface area contributed by atoms with Crippen molar-refractivity contribution in [2.24, 2.45) is 20.5 Å². The molecule has 0 aliphatic carbocycles. The van der Waals surface area contributed by atoms with Gasteiger partial charge in [0.05, 0.1) is 11.7 Å². The number of carbonyl (C=O) groups excluding carboxylic acids is 1. The summed E-state index contributed by atoms with van der Waals surface area (Å²) in [5.41, 5.74) is -1.68. The smallest absolute Gasteiger partial charge is 0.871 e. The van der Waals surface area contributed by atoms with Gasteiger partial charge in [0.15, 0.2) is 5.75 Å². The van der Waals surface area contributed by atoms with Crippen LogP contribution in [0.5, 0.6) is 11.5 Å². The van der Waals surface area contributed by atoms with E-state index in [2.05, 4.69) is 20.5 Å². The molecule has 0 saturated carbocycles. The van der Waals surface area contributed by atoms with Crippen molar-refractivity contribution in [3.8, 4) is 11.5 Å². The Bertz CT molecular complexity index is 2500. The molecule has 0 saturated heterocycles. The van der Waals surface area contributed by atoms with Crippen LogP contribution < -0.4 is 10.2 Å². The number of hydrogen-bond acceptors (Lipinski definition) is 13. The van der Waals surface area contributed by atoms with Crippen molar-refractivity contribution < 1.29 is 73.0 Å². The summed E-state index contributed by atoms with van der Waals surface area (Å²) in [5.74, 6) is -4.50. The number of aromatic carboxylic acids is 2. The Labute approximate surface area is 310 Å². The van der Waals surface area contributed by atoms with E-state index < -0.39 is 59.0 Å². The quantitative estimate of drug-likeness (QED) is 0.0803. The SMILES string of the molecule is O=C(O)c1cc2ccccc2c(N=Nc2ccccc2S(=O)(=O)O)c1O.O=C([O-])c1cc2ccccc2c(N=Nc2ccccc2S(=O)(=O)O)c1[O-].[Mn+2]. The Hall–Kier alpha value is -6.08. The topological polar surface area (TPSA) is 279 Å².